The van der Waals surface area contributed by atoms with Crippen molar-refractivity contribution in [3.8, 4) is 0 Å². The fraction of sp³-hybridized carbons (Fsp3) is 0.533. The summed E-state index contributed by atoms with van der Waals surface area (Å²) in [5.74, 6) is -2.95. The third-order valence-electron chi connectivity index (χ3n) is 7.25. The number of aliphatic hydroxyl groups excluding tert-OH is 1. The molecule has 0 aromatic heterocycles. The molecule has 2 aromatic rings. The molecule has 228 valence electrons. The molecule has 12 heteroatoms. The van der Waals surface area contributed by atoms with E-state index in [1.165, 1.54) is 0 Å². The molecule has 3 N–H and O–H groups in total. The molecule has 2 heterocycles. The fourth-order valence-electron chi connectivity index (χ4n) is 5.30. The van der Waals surface area contributed by atoms with Gasteiger partial charge >= 0.3 is 5.97 Å². The summed E-state index contributed by atoms with van der Waals surface area (Å²) in [6.07, 6.45) is -0.964. The Balaban J connectivity index is 1.53. The summed E-state index contributed by atoms with van der Waals surface area (Å²) in [7, 11) is -3.49. The second-order valence-electron chi connectivity index (χ2n) is 12.5. The zero-order valence-corrected chi connectivity index (χ0v) is 25.4. The number of benzene rings is 2. The lowest BCUT2D eigenvalue weighted by Gasteiger charge is -2.30. The number of imide groups is 1. The normalized spacial score (nSPS) is 21.5. The molecule has 0 bridgehead atoms. The van der Waals surface area contributed by atoms with Crippen LogP contribution in [0.2, 0.25) is 0 Å². The molecule has 2 aliphatic heterocycles. The van der Waals surface area contributed by atoms with Crippen LogP contribution < -0.4 is 10.6 Å². The molecule has 0 saturated carbocycles. The molecule has 0 radical (unpaired) electrons. The van der Waals surface area contributed by atoms with Crippen LogP contribution in [0.25, 0.3) is 10.8 Å². The number of rotatable bonds is 10. The lowest BCUT2D eigenvalue weighted by molar-refractivity contribution is -0.158. The zero-order valence-electron chi connectivity index (χ0n) is 24.5. The maximum absolute atomic E-state index is 13.3. The summed E-state index contributed by atoms with van der Waals surface area (Å²) in [4.78, 5) is 54.2. The van der Waals surface area contributed by atoms with E-state index in [-0.39, 0.29) is 24.6 Å². The lowest BCUT2D eigenvalue weighted by atomic mass is 10.0. The van der Waals surface area contributed by atoms with Crippen LogP contribution in [0, 0.1) is 5.92 Å². The number of sulfone groups is 1. The largest absolute Gasteiger partial charge is 0.459 e. The third-order valence-corrected chi connectivity index (χ3v) is 8.96. The number of nitrogens with zero attached hydrogens (tertiary/aromatic N) is 1. The molecule has 1 saturated heterocycles. The molecule has 1 fully saturated rings. The number of hydrogen-bond acceptors (Lipinski definition) is 9. The Morgan fingerprint density at radius 1 is 1.02 bits per heavy atom. The highest BCUT2D eigenvalue weighted by molar-refractivity contribution is 7.91. The molecule has 3 amide bonds. The molecule has 2 unspecified atom stereocenters. The standard InChI is InChI=1S/C30H39N3O8S/c1-17(2)12-23(26(35)32-24-15-42(39,40)16-25(24)34)31-22(29(38)41-30(3,4)5)10-11-33-27(36)20-13-18-8-6-7-9-19(18)14-21(20)28(33)37/h6-9,13-14,17,22-25,31,34H,10-12,15-16H2,1-5H3,(H,32,35)/t22-,23+,24?,25?/m1/s1. The summed E-state index contributed by atoms with van der Waals surface area (Å²) in [6.45, 7) is 8.80. The van der Waals surface area contributed by atoms with Crippen molar-refractivity contribution in [2.24, 2.45) is 5.92 Å². The molecule has 4 rings (SSSR count). The summed E-state index contributed by atoms with van der Waals surface area (Å²) in [5, 5.41) is 17.5. The minimum absolute atomic E-state index is 0.00939. The van der Waals surface area contributed by atoms with Crippen molar-refractivity contribution in [1.82, 2.24) is 15.5 Å². The van der Waals surface area contributed by atoms with Gasteiger partial charge in [-0.25, -0.2) is 8.42 Å². The van der Waals surface area contributed by atoms with Crippen molar-refractivity contribution in [3.63, 3.8) is 0 Å². The van der Waals surface area contributed by atoms with E-state index < -0.39 is 69.1 Å². The molecular formula is C30H39N3O8S. The van der Waals surface area contributed by atoms with Crippen molar-refractivity contribution < 1.29 is 37.4 Å². The SMILES string of the molecule is CC(C)C[C@H](N[C@H](CCN1C(=O)c2cc3ccccc3cc2C1=O)C(=O)OC(C)(C)C)C(=O)NC1CS(=O)(=O)CC1O. The highest BCUT2D eigenvalue weighted by atomic mass is 32.2. The molecule has 42 heavy (non-hydrogen) atoms. The van der Waals surface area contributed by atoms with E-state index in [1.54, 1.807) is 32.9 Å². The highest BCUT2D eigenvalue weighted by Crippen LogP contribution is 2.28. The van der Waals surface area contributed by atoms with E-state index in [1.807, 2.05) is 38.1 Å². The first-order chi connectivity index (χ1) is 19.5. The van der Waals surface area contributed by atoms with Crippen molar-refractivity contribution in [1.29, 1.82) is 0 Å². The van der Waals surface area contributed by atoms with Gasteiger partial charge in [0, 0.05) is 6.54 Å². The number of ether oxygens (including phenoxy) is 1. The highest BCUT2D eigenvalue weighted by Gasteiger charge is 2.40. The van der Waals surface area contributed by atoms with Gasteiger partial charge in [-0.1, -0.05) is 38.1 Å². The maximum atomic E-state index is 13.3. The molecule has 2 aliphatic rings. The molecule has 2 aromatic carbocycles. The predicted octanol–water partition coefficient (Wildman–Crippen LogP) is 1.81. The number of amides is 3. The van der Waals surface area contributed by atoms with Crippen LogP contribution in [0.3, 0.4) is 0 Å². The van der Waals surface area contributed by atoms with Gasteiger partial charge in [-0.15, -0.1) is 0 Å². The molecule has 11 nitrogen and oxygen atoms in total. The Labute approximate surface area is 245 Å². The predicted molar refractivity (Wildman–Crippen MR) is 157 cm³/mol. The van der Waals surface area contributed by atoms with Crippen LogP contribution >= 0.6 is 0 Å². The first-order valence-electron chi connectivity index (χ1n) is 14.1. The average Bonchev–Trinajstić information content (AvgIpc) is 3.27. The molecule has 4 atom stereocenters. The van der Waals surface area contributed by atoms with Gasteiger partial charge in [-0.3, -0.25) is 29.4 Å². The fourth-order valence-corrected chi connectivity index (χ4v) is 7.04. The van der Waals surface area contributed by atoms with E-state index in [0.717, 1.165) is 15.7 Å². The summed E-state index contributed by atoms with van der Waals surface area (Å²) < 4.78 is 29.5. The van der Waals surface area contributed by atoms with Gasteiger partial charge in [0.05, 0.1) is 40.8 Å². The summed E-state index contributed by atoms with van der Waals surface area (Å²) in [6, 6.07) is 7.82. The van der Waals surface area contributed by atoms with Gasteiger partial charge in [0.2, 0.25) is 5.91 Å². The van der Waals surface area contributed by atoms with Crippen LogP contribution in [0.1, 0.15) is 68.2 Å². The van der Waals surface area contributed by atoms with E-state index in [4.69, 9.17) is 4.74 Å². The molecule has 0 spiro atoms. The summed E-state index contributed by atoms with van der Waals surface area (Å²) >= 11 is 0. The number of aliphatic hydroxyl groups is 1. The van der Waals surface area contributed by atoms with Gasteiger partial charge in [-0.05, 0) is 62.4 Å². The second kappa shape index (κ2) is 12.1. The molecule has 0 aliphatic carbocycles. The Hall–Kier alpha value is -3.35. The Morgan fingerprint density at radius 3 is 2.07 bits per heavy atom. The van der Waals surface area contributed by atoms with Gasteiger partial charge in [0.25, 0.3) is 11.8 Å². The van der Waals surface area contributed by atoms with Gasteiger partial charge in [-0.2, -0.15) is 0 Å². The van der Waals surface area contributed by atoms with E-state index >= 15 is 0 Å². The monoisotopic (exact) mass is 601 g/mol. The van der Waals surface area contributed by atoms with Crippen LogP contribution in [0.4, 0.5) is 0 Å². The van der Waals surface area contributed by atoms with Crippen molar-refractivity contribution in [3.05, 3.63) is 47.5 Å². The average molecular weight is 602 g/mol. The van der Waals surface area contributed by atoms with Crippen LogP contribution in [0.15, 0.2) is 36.4 Å². The first-order valence-corrected chi connectivity index (χ1v) is 15.9. The van der Waals surface area contributed by atoms with Crippen LogP contribution in [-0.4, -0.2) is 90.0 Å². The topological polar surface area (TPSA) is 159 Å². The smallest absolute Gasteiger partial charge is 0.323 e. The quantitative estimate of drug-likeness (QED) is 0.273. The van der Waals surface area contributed by atoms with Crippen molar-refractivity contribution >= 4 is 44.3 Å². The summed E-state index contributed by atoms with van der Waals surface area (Å²) in [5.41, 5.74) is -0.254. The second-order valence-corrected chi connectivity index (χ2v) is 14.6. The van der Waals surface area contributed by atoms with Gasteiger partial charge in [0.1, 0.15) is 11.6 Å². The Kier molecular flexibility index (Phi) is 9.10. The number of hydrogen-bond donors (Lipinski definition) is 3. The minimum Gasteiger partial charge on any atom is -0.459 e. The van der Waals surface area contributed by atoms with Crippen molar-refractivity contribution in [2.75, 3.05) is 18.1 Å². The third kappa shape index (κ3) is 7.34. The number of nitrogens with one attached hydrogen (secondary N) is 2. The van der Waals surface area contributed by atoms with Gasteiger partial charge in [0.15, 0.2) is 9.84 Å². The number of fused-ring (bicyclic) bond motifs is 2. The number of carbonyl (C=O) groups is 4. The van der Waals surface area contributed by atoms with E-state index in [9.17, 15) is 32.7 Å². The maximum Gasteiger partial charge on any atom is 0.323 e. The van der Waals surface area contributed by atoms with Crippen LogP contribution in [-0.2, 0) is 24.2 Å². The number of carbonyl (C=O) groups excluding carboxylic acids is 4. The zero-order chi connectivity index (χ0) is 31.0. The first kappa shape index (κ1) is 31.6. The van der Waals surface area contributed by atoms with E-state index in [0.29, 0.717) is 17.5 Å². The minimum atomic E-state index is -3.49. The number of esters is 1. The van der Waals surface area contributed by atoms with Crippen LogP contribution in [0.5, 0.6) is 0 Å². The lowest BCUT2D eigenvalue weighted by Crippen LogP contribution is -2.56. The Morgan fingerprint density at radius 2 is 1.60 bits per heavy atom. The Bertz CT molecular complexity index is 1440. The van der Waals surface area contributed by atoms with Gasteiger partial charge < -0.3 is 15.2 Å². The van der Waals surface area contributed by atoms with E-state index in [2.05, 4.69) is 10.6 Å². The van der Waals surface area contributed by atoms with Crippen molar-refractivity contribution in [2.45, 2.75) is 77.3 Å². The molecular weight excluding hydrogens is 562 g/mol.